The largest absolute Gasteiger partial charge is 0.303 e. The van der Waals surface area contributed by atoms with E-state index in [0.717, 1.165) is 12.3 Å². The van der Waals surface area contributed by atoms with Crippen molar-refractivity contribution in [1.29, 1.82) is 0 Å². The van der Waals surface area contributed by atoms with Crippen LogP contribution in [0.2, 0.25) is 0 Å². The minimum absolute atomic E-state index is 0.996. The van der Waals surface area contributed by atoms with Gasteiger partial charge in [-0.2, -0.15) is 12.6 Å². The fourth-order valence-electron chi connectivity index (χ4n) is 1.44. The van der Waals surface area contributed by atoms with E-state index in [1.165, 1.54) is 45.2 Å². The van der Waals surface area contributed by atoms with Gasteiger partial charge in [-0.05, 0) is 25.9 Å². The van der Waals surface area contributed by atoms with Gasteiger partial charge in [0.15, 0.2) is 0 Å². The highest BCUT2D eigenvalue weighted by Crippen LogP contribution is 2.01. The molecule has 0 atom stereocenters. The fraction of sp³-hybridized carbons (Fsp3) is 1.00. The van der Waals surface area contributed by atoms with Gasteiger partial charge >= 0.3 is 0 Å². The van der Waals surface area contributed by atoms with Crippen LogP contribution in [0.15, 0.2) is 0 Å². The van der Waals surface area contributed by atoms with Gasteiger partial charge in [0, 0.05) is 12.3 Å². The van der Waals surface area contributed by atoms with Crippen LogP contribution < -0.4 is 0 Å². The molecule has 0 bridgehead atoms. The molecular formula is C11H25NS. The smallest absolute Gasteiger partial charge is 0.00698 e. The van der Waals surface area contributed by atoms with Crippen molar-refractivity contribution in [2.75, 3.05) is 25.4 Å². The summed E-state index contributed by atoms with van der Waals surface area (Å²) in [5.74, 6) is 0.996. The van der Waals surface area contributed by atoms with E-state index < -0.39 is 0 Å². The second kappa shape index (κ2) is 10.4. The molecule has 0 amide bonds. The molecule has 0 unspecified atom stereocenters. The van der Waals surface area contributed by atoms with E-state index in [1.54, 1.807) is 0 Å². The standard InChI is InChI=1S/C11H25NS/c1-3-5-7-9-12(10-11-13)8-6-4-2/h13H,3-11H2,1-2H3. The van der Waals surface area contributed by atoms with Crippen LogP contribution in [0.1, 0.15) is 46.0 Å². The average molecular weight is 203 g/mol. The van der Waals surface area contributed by atoms with Crippen molar-refractivity contribution < 1.29 is 0 Å². The van der Waals surface area contributed by atoms with Gasteiger partial charge in [-0.1, -0.05) is 33.1 Å². The molecule has 0 N–H and O–H groups in total. The highest BCUT2D eigenvalue weighted by molar-refractivity contribution is 7.80. The molecule has 0 saturated carbocycles. The molecule has 0 aliphatic rings. The summed E-state index contributed by atoms with van der Waals surface area (Å²) in [6.07, 6.45) is 6.68. The van der Waals surface area contributed by atoms with E-state index in [9.17, 15) is 0 Å². The molecular weight excluding hydrogens is 178 g/mol. The first kappa shape index (κ1) is 13.3. The molecule has 0 aliphatic carbocycles. The Bertz CT molecular complexity index is 96.1. The lowest BCUT2D eigenvalue weighted by Gasteiger charge is -2.20. The van der Waals surface area contributed by atoms with Crippen LogP contribution in [-0.2, 0) is 0 Å². The second-order valence-corrected chi connectivity index (χ2v) is 4.07. The molecule has 80 valence electrons. The fourth-order valence-corrected chi connectivity index (χ4v) is 1.73. The number of hydrogen-bond acceptors (Lipinski definition) is 2. The molecule has 0 aromatic heterocycles. The summed E-state index contributed by atoms with van der Waals surface area (Å²) in [4.78, 5) is 2.55. The van der Waals surface area contributed by atoms with Crippen molar-refractivity contribution in [2.45, 2.75) is 46.0 Å². The Morgan fingerprint density at radius 3 is 2.00 bits per heavy atom. The lowest BCUT2D eigenvalue weighted by molar-refractivity contribution is 0.279. The zero-order chi connectivity index (χ0) is 9.94. The van der Waals surface area contributed by atoms with Crippen LogP contribution in [0.5, 0.6) is 0 Å². The van der Waals surface area contributed by atoms with E-state index in [2.05, 4.69) is 31.4 Å². The van der Waals surface area contributed by atoms with Gasteiger partial charge in [0.2, 0.25) is 0 Å². The first-order valence-electron chi connectivity index (χ1n) is 5.68. The molecule has 2 heteroatoms. The summed E-state index contributed by atoms with van der Waals surface area (Å²) in [7, 11) is 0. The SMILES string of the molecule is CCCCCN(CCS)CCCC. The van der Waals surface area contributed by atoms with Crippen LogP contribution in [-0.4, -0.2) is 30.3 Å². The predicted molar refractivity (Wildman–Crippen MR) is 64.7 cm³/mol. The van der Waals surface area contributed by atoms with Gasteiger partial charge < -0.3 is 4.90 Å². The van der Waals surface area contributed by atoms with Gasteiger partial charge in [-0.3, -0.25) is 0 Å². The summed E-state index contributed by atoms with van der Waals surface area (Å²) in [5, 5.41) is 0. The lowest BCUT2D eigenvalue weighted by Crippen LogP contribution is -2.28. The summed E-state index contributed by atoms with van der Waals surface area (Å²) >= 11 is 4.29. The molecule has 0 spiro atoms. The van der Waals surface area contributed by atoms with Crippen LogP contribution >= 0.6 is 12.6 Å². The van der Waals surface area contributed by atoms with Gasteiger partial charge in [-0.15, -0.1) is 0 Å². The number of nitrogens with zero attached hydrogens (tertiary/aromatic N) is 1. The quantitative estimate of drug-likeness (QED) is 0.445. The van der Waals surface area contributed by atoms with Crippen molar-refractivity contribution >= 4 is 12.6 Å². The molecule has 1 nitrogen and oxygen atoms in total. The Morgan fingerprint density at radius 2 is 1.46 bits per heavy atom. The van der Waals surface area contributed by atoms with Gasteiger partial charge in [0.1, 0.15) is 0 Å². The normalized spacial score (nSPS) is 11.1. The lowest BCUT2D eigenvalue weighted by atomic mass is 10.2. The van der Waals surface area contributed by atoms with Crippen molar-refractivity contribution in [3.05, 3.63) is 0 Å². The number of thiol groups is 1. The average Bonchev–Trinajstić information content (AvgIpc) is 2.14. The third kappa shape index (κ3) is 8.63. The van der Waals surface area contributed by atoms with Gasteiger partial charge in [0.05, 0.1) is 0 Å². The molecule has 0 aromatic carbocycles. The molecule has 0 radical (unpaired) electrons. The Labute approximate surface area is 89.3 Å². The maximum atomic E-state index is 4.29. The topological polar surface area (TPSA) is 3.24 Å². The summed E-state index contributed by atoms with van der Waals surface area (Å²) < 4.78 is 0. The third-order valence-corrected chi connectivity index (χ3v) is 2.52. The van der Waals surface area contributed by atoms with Crippen LogP contribution in [0.25, 0.3) is 0 Å². The van der Waals surface area contributed by atoms with E-state index >= 15 is 0 Å². The Balaban J connectivity index is 3.41. The summed E-state index contributed by atoms with van der Waals surface area (Å²) in [6.45, 7) is 8.21. The number of hydrogen-bond donors (Lipinski definition) is 1. The molecule has 0 saturated heterocycles. The van der Waals surface area contributed by atoms with Gasteiger partial charge in [-0.25, -0.2) is 0 Å². The zero-order valence-corrected chi connectivity index (χ0v) is 10.2. The molecule has 0 fully saturated rings. The first-order chi connectivity index (χ1) is 6.35. The van der Waals surface area contributed by atoms with Crippen LogP contribution in [0.4, 0.5) is 0 Å². The first-order valence-corrected chi connectivity index (χ1v) is 6.31. The van der Waals surface area contributed by atoms with Crippen molar-refractivity contribution in [3.8, 4) is 0 Å². The van der Waals surface area contributed by atoms with Crippen molar-refractivity contribution in [2.24, 2.45) is 0 Å². The monoisotopic (exact) mass is 203 g/mol. The molecule has 0 rings (SSSR count). The molecule has 0 aliphatic heterocycles. The summed E-state index contributed by atoms with van der Waals surface area (Å²) in [6, 6.07) is 0. The van der Waals surface area contributed by atoms with E-state index in [-0.39, 0.29) is 0 Å². The minimum atomic E-state index is 0.996. The molecule has 13 heavy (non-hydrogen) atoms. The van der Waals surface area contributed by atoms with E-state index in [1.807, 2.05) is 0 Å². The Hall–Kier alpha value is 0.310. The highest BCUT2D eigenvalue weighted by atomic mass is 32.1. The predicted octanol–water partition coefficient (Wildman–Crippen LogP) is 3.21. The maximum absolute atomic E-state index is 4.29. The van der Waals surface area contributed by atoms with Crippen molar-refractivity contribution in [3.63, 3.8) is 0 Å². The van der Waals surface area contributed by atoms with E-state index in [4.69, 9.17) is 0 Å². The summed E-state index contributed by atoms with van der Waals surface area (Å²) in [5.41, 5.74) is 0. The zero-order valence-electron chi connectivity index (χ0n) is 9.26. The minimum Gasteiger partial charge on any atom is -0.303 e. The van der Waals surface area contributed by atoms with E-state index in [0.29, 0.717) is 0 Å². The number of rotatable bonds is 9. The molecule has 0 heterocycles. The Morgan fingerprint density at radius 1 is 0.846 bits per heavy atom. The van der Waals surface area contributed by atoms with Crippen LogP contribution in [0, 0.1) is 0 Å². The Kier molecular flexibility index (Phi) is 10.6. The second-order valence-electron chi connectivity index (χ2n) is 3.63. The van der Waals surface area contributed by atoms with Crippen LogP contribution in [0.3, 0.4) is 0 Å². The third-order valence-electron chi connectivity index (χ3n) is 2.32. The molecule has 0 aromatic rings. The number of unbranched alkanes of at least 4 members (excludes halogenated alkanes) is 3. The van der Waals surface area contributed by atoms with Gasteiger partial charge in [0.25, 0.3) is 0 Å². The highest BCUT2D eigenvalue weighted by Gasteiger charge is 2.01. The van der Waals surface area contributed by atoms with Crippen molar-refractivity contribution in [1.82, 2.24) is 4.90 Å². The maximum Gasteiger partial charge on any atom is 0.00698 e.